The van der Waals surface area contributed by atoms with Crippen molar-refractivity contribution in [2.45, 2.75) is 0 Å². The number of nitrogens with one attached hydrogen (secondary N) is 1. The van der Waals surface area contributed by atoms with E-state index in [-0.39, 0.29) is 5.91 Å². The van der Waals surface area contributed by atoms with Crippen molar-refractivity contribution in [3.8, 4) is 0 Å². The molecular weight excluding hydrogens is 306 g/mol. The summed E-state index contributed by atoms with van der Waals surface area (Å²) in [6.07, 6.45) is 1.81. The quantitative estimate of drug-likeness (QED) is 0.812. The SMILES string of the molecule is CN1CCN(c2ccc(C(=O)NCCN3CCOCC3)nc2)CC1. The molecule has 24 heavy (non-hydrogen) atoms. The molecule has 1 aromatic heterocycles. The normalized spacial score (nSPS) is 20.1. The first kappa shape index (κ1) is 17.1. The predicted molar refractivity (Wildman–Crippen MR) is 93.5 cm³/mol. The number of ether oxygens (including phenoxy) is 1. The van der Waals surface area contributed by atoms with Gasteiger partial charge in [-0.25, -0.2) is 4.98 Å². The van der Waals surface area contributed by atoms with Gasteiger partial charge in [0.1, 0.15) is 5.69 Å². The largest absolute Gasteiger partial charge is 0.379 e. The van der Waals surface area contributed by atoms with Crippen LogP contribution in [0.25, 0.3) is 0 Å². The van der Waals surface area contributed by atoms with Crippen molar-refractivity contribution < 1.29 is 9.53 Å². The summed E-state index contributed by atoms with van der Waals surface area (Å²) in [6.45, 7) is 9.06. The fourth-order valence-corrected chi connectivity index (χ4v) is 3.01. The number of anilines is 1. The molecule has 132 valence electrons. The Morgan fingerprint density at radius 3 is 2.58 bits per heavy atom. The molecule has 3 rings (SSSR count). The van der Waals surface area contributed by atoms with Gasteiger partial charge in [0.05, 0.1) is 25.1 Å². The Hall–Kier alpha value is -1.70. The molecule has 0 unspecified atom stereocenters. The van der Waals surface area contributed by atoms with Crippen molar-refractivity contribution in [1.82, 2.24) is 20.1 Å². The molecule has 1 amide bonds. The molecule has 7 heteroatoms. The molecule has 2 aliphatic heterocycles. The third kappa shape index (κ3) is 4.66. The number of hydrogen-bond donors (Lipinski definition) is 1. The highest BCUT2D eigenvalue weighted by molar-refractivity contribution is 5.92. The van der Waals surface area contributed by atoms with Crippen molar-refractivity contribution in [1.29, 1.82) is 0 Å². The van der Waals surface area contributed by atoms with E-state index >= 15 is 0 Å². The Balaban J connectivity index is 1.45. The Morgan fingerprint density at radius 2 is 1.92 bits per heavy atom. The van der Waals surface area contributed by atoms with E-state index in [2.05, 4.69) is 32.0 Å². The van der Waals surface area contributed by atoms with Crippen molar-refractivity contribution >= 4 is 11.6 Å². The first-order chi connectivity index (χ1) is 11.7. The van der Waals surface area contributed by atoms with Crippen LogP contribution in [0.3, 0.4) is 0 Å². The van der Waals surface area contributed by atoms with E-state index in [1.165, 1.54) is 0 Å². The first-order valence-electron chi connectivity index (χ1n) is 8.70. The molecule has 3 heterocycles. The minimum Gasteiger partial charge on any atom is -0.379 e. The van der Waals surface area contributed by atoms with E-state index in [4.69, 9.17) is 4.74 Å². The zero-order valence-electron chi connectivity index (χ0n) is 14.4. The fraction of sp³-hybridized carbons (Fsp3) is 0.647. The van der Waals surface area contributed by atoms with Crippen LogP contribution in [0.5, 0.6) is 0 Å². The van der Waals surface area contributed by atoms with Crippen molar-refractivity contribution in [2.75, 3.05) is 77.5 Å². The summed E-state index contributed by atoms with van der Waals surface area (Å²) in [6, 6.07) is 3.81. The zero-order valence-corrected chi connectivity index (χ0v) is 14.4. The lowest BCUT2D eigenvalue weighted by Gasteiger charge is -2.33. The van der Waals surface area contributed by atoms with E-state index in [0.717, 1.165) is 64.7 Å². The second-order valence-corrected chi connectivity index (χ2v) is 6.40. The number of amides is 1. The number of carbonyl (C=O) groups excluding carboxylic acids is 1. The minimum absolute atomic E-state index is 0.104. The number of piperazine rings is 1. The van der Waals surface area contributed by atoms with Gasteiger partial charge >= 0.3 is 0 Å². The average Bonchev–Trinajstić information content (AvgIpc) is 2.63. The smallest absolute Gasteiger partial charge is 0.269 e. The minimum atomic E-state index is -0.104. The summed E-state index contributed by atoms with van der Waals surface area (Å²) >= 11 is 0. The van der Waals surface area contributed by atoms with Crippen LogP contribution < -0.4 is 10.2 Å². The van der Waals surface area contributed by atoms with Gasteiger partial charge in [-0.15, -0.1) is 0 Å². The second-order valence-electron chi connectivity index (χ2n) is 6.40. The van der Waals surface area contributed by atoms with Crippen LogP contribution in [0, 0.1) is 0 Å². The van der Waals surface area contributed by atoms with Crippen molar-refractivity contribution in [3.63, 3.8) is 0 Å². The Bertz CT molecular complexity index is 522. The number of likely N-dealkylation sites (N-methyl/N-ethyl adjacent to an activating group) is 1. The van der Waals surface area contributed by atoms with E-state index < -0.39 is 0 Å². The van der Waals surface area contributed by atoms with Gasteiger partial charge in [-0.1, -0.05) is 0 Å². The average molecular weight is 333 g/mol. The van der Waals surface area contributed by atoms with Gasteiger partial charge in [0, 0.05) is 52.4 Å². The topological polar surface area (TPSA) is 60.9 Å². The number of aromatic nitrogens is 1. The molecule has 0 atom stereocenters. The van der Waals surface area contributed by atoms with Crippen LogP contribution in [-0.2, 0) is 4.74 Å². The molecule has 0 spiro atoms. The molecule has 2 fully saturated rings. The molecule has 0 radical (unpaired) electrons. The molecule has 0 aliphatic carbocycles. The fourth-order valence-electron chi connectivity index (χ4n) is 3.01. The highest BCUT2D eigenvalue weighted by atomic mass is 16.5. The molecule has 0 bridgehead atoms. The molecule has 0 saturated carbocycles. The lowest BCUT2D eigenvalue weighted by molar-refractivity contribution is 0.0383. The number of hydrogen-bond acceptors (Lipinski definition) is 6. The lowest BCUT2D eigenvalue weighted by atomic mass is 10.2. The number of pyridine rings is 1. The van der Waals surface area contributed by atoms with Gasteiger partial charge in [-0.05, 0) is 19.2 Å². The molecular formula is C17H27N5O2. The maximum Gasteiger partial charge on any atom is 0.269 e. The van der Waals surface area contributed by atoms with Gasteiger partial charge in [-0.2, -0.15) is 0 Å². The molecule has 1 N–H and O–H groups in total. The monoisotopic (exact) mass is 333 g/mol. The molecule has 1 aromatic rings. The number of carbonyl (C=O) groups is 1. The molecule has 7 nitrogen and oxygen atoms in total. The van der Waals surface area contributed by atoms with Gasteiger partial charge in [0.2, 0.25) is 0 Å². The number of morpholine rings is 1. The summed E-state index contributed by atoms with van der Waals surface area (Å²) in [5, 5.41) is 2.95. The summed E-state index contributed by atoms with van der Waals surface area (Å²) in [7, 11) is 2.14. The zero-order chi connectivity index (χ0) is 16.8. The third-order valence-corrected chi connectivity index (χ3v) is 4.67. The van der Waals surface area contributed by atoms with Crippen LogP contribution >= 0.6 is 0 Å². The van der Waals surface area contributed by atoms with Gasteiger partial charge < -0.3 is 19.9 Å². The third-order valence-electron chi connectivity index (χ3n) is 4.67. The first-order valence-corrected chi connectivity index (χ1v) is 8.70. The summed E-state index contributed by atoms with van der Waals surface area (Å²) in [5.74, 6) is -0.104. The van der Waals surface area contributed by atoms with Crippen molar-refractivity contribution in [3.05, 3.63) is 24.0 Å². The van der Waals surface area contributed by atoms with Crippen LogP contribution in [0.1, 0.15) is 10.5 Å². The van der Waals surface area contributed by atoms with Gasteiger partial charge in [0.15, 0.2) is 0 Å². The van der Waals surface area contributed by atoms with Gasteiger partial charge in [-0.3, -0.25) is 9.69 Å². The van der Waals surface area contributed by atoms with E-state index in [1.54, 1.807) is 0 Å². The Kier molecular flexibility index (Phi) is 6.01. The molecule has 0 aromatic carbocycles. The molecule has 2 saturated heterocycles. The van der Waals surface area contributed by atoms with Gasteiger partial charge in [0.25, 0.3) is 5.91 Å². The summed E-state index contributed by atoms with van der Waals surface area (Å²) in [4.78, 5) is 23.4. The predicted octanol–water partition coefficient (Wildman–Crippen LogP) is -0.105. The van der Waals surface area contributed by atoms with E-state index in [9.17, 15) is 4.79 Å². The summed E-state index contributed by atoms with van der Waals surface area (Å²) < 4.78 is 5.32. The Labute approximate surface area is 143 Å². The second kappa shape index (κ2) is 8.41. The number of nitrogens with zero attached hydrogens (tertiary/aromatic N) is 4. The number of rotatable bonds is 5. The Morgan fingerprint density at radius 1 is 1.17 bits per heavy atom. The van der Waals surface area contributed by atoms with Crippen LogP contribution in [0.2, 0.25) is 0 Å². The highest BCUT2D eigenvalue weighted by Crippen LogP contribution is 2.15. The highest BCUT2D eigenvalue weighted by Gasteiger charge is 2.15. The standard InChI is InChI=1S/C17H27N5O2/c1-20-6-8-22(9-7-20)15-2-3-16(19-14-15)17(23)18-4-5-21-10-12-24-13-11-21/h2-3,14H,4-13H2,1H3,(H,18,23). The summed E-state index contributed by atoms with van der Waals surface area (Å²) in [5.41, 5.74) is 1.57. The van der Waals surface area contributed by atoms with E-state index in [1.807, 2.05) is 18.3 Å². The van der Waals surface area contributed by atoms with Crippen LogP contribution in [0.15, 0.2) is 18.3 Å². The van der Waals surface area contributed by atoms with Crippen LogP contribution in [-0.4, -0.2) is 93.3 Å². The maximum absolute atomic E-state index is 12.2. The maximum atomic E-state index is 12.2. The van der Waals surface area contributed by atoms with Crippen molar-refractivity contribution in [2.24, 2.45) is 0 Å². The van der Waals surface area contributed by atoms with Crippen LogP contribution in [0.4, 0.5) is 5.69 Å². The lowest BCUT2D eigenvalue weighted by Crippen LogP contribution is -2.44. The molecule has 2 aliphatic rings. The van der Waals surface area contributed by atoms with E-state index in [0.29, 0.717) is 12.2 Å².